The Balaban J connectivity index is 2.11. The Hall–Kier alpha value is -2.03. The molecule has 2 heterocycles. The summed E-state index contributed by atoms with van der Waals surface area (Å²) in [6.07, 6.45) is 4.07. The number of rotatable bonds is 1. The molecule has 0 aliphatic heterocycles. The van der Waals surface area contributed by atoms with E-state index < -0.39 is 0 Å². The van der Waals surface area contributed by atoms with Gasteiger partial charge >= 0.3 is 0 Å². The average Bonchev–Trinajstić information content (AvgIpc) is 2.92. The number of aromatic nitrogens is 3. The second kappa shape index (κ2) is 3.98. The predicted molar refractivity (Wildman–Crippen MR) is 78.9 cm³/mol. The fourth-order valence-electron chi connectivity index (χ4n) is 2.52. The molecule has 0 bridgehead atoms. The predicted octanol–water partition coefficient (Wildman–Crippen LogP) is 3.96. The summed E-state index contributed by atoms with van der Waals surface area (Å²) >= 11 is 0. The van der Waals surface area contributed by atoms with Gasteiger partial charge in [0, 0.05) is 28.7 Å². The first-order valence-electron chi connectivity index (χ1n) is 6.59. The van der Waals surface area contributed by atoms with Crippen LogP contribution in [0.1, 0.15) is 32.0 Å². The van der Waals surface area contributed by atoms with E-state index in [9.17, 15) is 0 Å². The van der Waals surface area contributed by atoms with Crippen LogP contribution in [0.3, 0.4) is 0 Å². The number of nitrogens with one attached hydrogen (secondary N) is 1. The highest BCUT2D eigenvalue weighted by molar-refractivity contribution is 5.81. The van der Waals surface area contributed by atoms with Gasteiger partial charge in [0.05, 0.1) is 11.4 Å². The van der Waals surface area contributed by atoms with Crippen molar-refractivity contribution in [1.29, 1.82) is 0 Å². The maximum absolute atomic E-state index is 4.75. The van der Waals surface area contributed by atoms with Gasteiger partial charge in [0.15, 0.2) is 0 Å². The summed E-state index contributed by atoms with van der Waals surface area (Å²) < 4.78 is 1.97. The highest BCUT2D eigenvalue weighted by Crippen LogP contribution is 2.25. The number of hydrogen-bond donors (Lipinski definition) is 1. The normalized spacial score (nSPS) is 12.2. The molecule has 0 spiro atoms. The lowest BCUT2D eigenvalue weighted by atomic mass is 9.90. The van der Waals surface area contributed by atoms with Crippen LogP contribution in [0.5, 0.6) is 0 Å². The molecule has 19 heavy (non-hydrogen) atoms. The molecule has 0 aliphatic carbocycles. The van der Waals surface area contributed by atoms with Gasteiger partial charge in [-0.05, 0) is 36.8 Å². The highest BCUT2D eigenvalue weighted by Gasteiger charge is 2.20. The zero-order chi connectivity index (χ0) is 13.6. The molecule has 0 unspecified atom stereocenters. The minimum absolute atomic E-state index is 0.0769. The number of nitrogens with zero attached hydrogens (tertiary/aromatic N) is 2. The first-order chi connectivity index (χ1) is 8.95. The number of aromatic amines is 1. The molecule has 0 amide bonds. The number of H-pyrrole nitrogens is 1. The van der Waals surface area contributed by atoms with Crippen molar-refractivity contribution in [1.82, 2.24) is 14.8 Å². The lowest BCUT2D eigenvalue weighted by molar-refractivity contribution is 0.557. The standard InChI is InChI=1S/C16H19N3/c1-11-10-19(18-15(11)16(2,3)4)13-5-6-14-12(9-13)7-8-17-14/h5-10,17H,1-4H3. The quantitative estimate of drug-likeness (QED) is 0.699. The molecule has 0 aliphatic rings. The van der Waals surface area contributed by atoms with Gasteiger partial charge in [-0.15, -0.1) is 0 Å². The third kappa shape index (κ3) is 2.05. The number of hydrogen-bond acceptors (Lipinski definition) is 1. The van der Waals surface area contributed by atoms with Crippen LogP contribution in [0.15, 0.2) is 36.7 Å². The van der Waals surface area contributed by atoms with Gasteiger partial charge in [-0.25, -0.2) is 4.68 Å². The van der Waals surface area contributed by atoms with E-state index in [1.807, 2.05) is 10.9 Å². The van der Waals surface area contributed by atoms with Crippen LogP contribution >= 0.6 is 0 Å². The van der Waals surface area contributed by atoms with Crippen molar-refractivity contribution in [3.05, 3.63) is 47.9 Å². The largest absolute Gasteiger partial charge is 0.361 e. The summed E-state index contributed by atoms with van der Waals surface area (Å²) in [4.78, 5) is 3.21. The topological polar surface area (TPSA) is 33.6 Å². The summed E-state index contributed by atoms with van der Waals surface area (Å²) in [6, 6.07) is 8.43. The third-order valence-electron chi connectivity index (χ3n) is 3.41. The van der Waals surface area contributed by atoms with E-state index in [1.54, 1.807) is 0 Å². The van der Waals surface area contributed by atoms with Crippen molar-refractivity contribution in [2.24, 2.45) is 0 Å². The molecule has 0 fully saturated rings. The minimum atomic E-state index is 0.0769. The van der Waals surface area contributed by atoms with Gasteiger partial charge < -0.3 is 4.98 Å². The molecular weight excluding hydrogens is 234 g/mol. The summed E-state index contributed by atoms with van der Waals surface area (Å²) in [5.74, 6) is 0. The lowest BCUT2D eigenvalue weighted by Gasteiger charge is -2.16. The molecule has 3 nitrogen and oxygen atoms in total. The van der Waals surface area contributed by atoms with E-state index in [2.05, 4.69) is 63.1 Å². The van der Waals surface area contributed by atoms with Gasteiger partial charge in [0.2, 0.25) is 0 Å². The Bertz CT molecular complexity index is 726. The number of fused-ring (bicyclic) bond motifs is 1. The van der Waals surface area contributed by atoms with Gasteiger partial charge in [-0.2, -0.15) is 5.10 Å². The molecule has 3 rings (SSSR count). The fourth-order valence-corrected chi connectivity index (χ4v) is 2.52. The van der Waals surface area contributed by atoms with Crippen LogP contribution in [0.25, 0.3) is 16.6 Å². The zero-order valence-corrected chi connectivity index (χ0v) is 11.9. The van der Waals surface area contributed by atoms with Crippen molar-refractivity contribution in [2.75, 3.05) is 0 Å². The summed E-state index contributed by atoms with van der Waals surface area (Å²) in [6.45, 7) is 8.71. The van der Waals surface area contributed by atoms with Crippen LogP contribution < -0.4 is 0 Å². The van der Waals surface area contributed by atoms with Crippen molar-refractivity contribution < 1.29 is 0 Å². The molecule has 0 saturated carbocycles. The van der Waals surface area contributed by atoms with Gasteiger partial charge in [0.25, 0.3) is 0 Å². The van der Waals surface area contributed by atoms with E-state index in [4.69, 9.17) is 5.10 Å². The maximum atomic E-state index is 4.75. The molecule has 98 valence electrons. The van der Waals surface area contributed by atoms with E-state index in [1.165, 1.54) is 10.9 Å². The molecule has 0 atom stereocenters. The Labute approximate surface area is 113 Å². The van der Waals surface area contributed by atoms with Gasteiger partial charge in [-0.1, -0.05) is 20.8 Å². The Morgan fingerprint density at radius 3 is 2.63 bits per heavy atom. The van der Waals surface area contributed by atoms with Gasteiger partial charge in [-0.3, -0.25) is 0 Å². The fraction of sp³-hybridized carbons (Fsp3) is 0.312. The highest BCUT2D eigenvalue weighted by atomic mass is 15.3. The summed E-state index contributed by atoms with van der Waals surface area (Å²) in [5, 5.41) is 5.96. The molecule has 0 radical (unpaired) electrons. The average molecular weight is 253 g/mol. The third-order valence-corrected chi connectivity index (χ3v) is 3.41. The SMILES string of the molecule is Cc1cn(-c2ccc3[nH]ccc3c2)nc1C(C)(C)C. The van der Waals surface area contributed by atoms with Gasteiger partial charge in [0.1, 0.15) is 0 Å². The summed E-state index contributed by atoms with van der Waals surface area (Å²) in [7, 11) is 0. The molecule has 1 aromatic carbocycles. The Morgan fingerprint density at radius 2 is 1.95 bits per heavy atom. The van der Waals surface area contributed by atoms with Crippen molar-refractivity contribution in [2.45, 2.75) is 33.1 Å². The van der Waals surface area contributed by atoms with E-state index >= 15 is 0 Å². The van der Waals surface area contributed by atoms with Crippen molar-refractivity contribution >= 4 is 10.9 Å². The van der Waals surface area contributed by atoms with Crippen LogP contribution in [-0.4, -0.2) is 14.8 Å². The molecular formula is C16H19N3. The second-order valence-corrected chi connectivity index (χ2v) is 6.10. The van der Waals surface area contributed by atoms with Crippen LogP contribution in [-0.2, 0) is 5.41 Å². The van der Waals surface area contributed by atoms with Crippen molar-refractivity contribution in [3.8, 4) is 5.69 Å². The van der Waals surface area contributed by atoms with Crippen LogP contribution in [0, 0.1) is 6.92 Å². The molecule has 2 aromatic heterocycles. The minimum Gasteiger partial charge on any atom is -0.361 e. The monoisotopic (exact) mass is 253 g/mol. The summed E-state index contributed by atoms with van der Waals surface area (Å²) in [5.41, 5.74) is 4.73. The first-order valence-corrected chi connectivity index (χ1v) is 6.59. The van der Waals surface area contributed by atoms with Crippen LogP contribution in [0.2, 0.25) is 0 Å². The first kappa shape index (κ1) is 12.0. The van der Waals surface area contributed by atoms with E-state index in [0.717, 1.165) is 16.9 Å². The Morgan fingerprint density at radius 1 is 1.16 bits per heavy atom. The number of benzene rings is 1. The molecule has 3 heteroatoms. The molecule has 3 aromatic rings. The second-order valence-electron chi connectivity index (χ2n) is 6.10. The van der Waals surface area contributed by atoms with E-state index in [0.29, 0.717) is 0 Å². The number of aryl methyl sites for hydroxylation is 1. The lowest BCUT2D eigenvalue weighted by Crippen LogP contribution is -2.14. The van der Waals surface area contributed by atoms with Crippen LogP contribution in [0.4, 0.5) is 0 Å². The smallest absolute Gasteiger partial charge is 0.0711 e. The zero-order valence-electron chi connectivity index (χ0n) is 11.9. The van der Waals surface area contributed by atoms with E-state index in [-0.39, 0.29) is 5.41 Å². The molecule has 1 N–H and O–H groups in total. The molecule has 0 saturated heterocycles. The Kier molecular flexibility index (Phi) is 2.52. The maximum Gasteiger partial charge on any atom is 0.0711 e. The van der Waals surface area contributed by atoms with Crippen molar-refractivity contribution in [3.63, 3.8) is 0 Å².